The minimum absolute atomic E-state index is 0.311. The third-order valence-electron chi connectivity index (χ3n) is 5.00. The molecule has 30 heavy (non-hydrogen) atoms. The number of halogens is 3. The average molecular weight is 414 g/mol. The second kappa shape index (κ2) is 7.74. The van der Waals surface area contributed by atoms with Gasteiger partial charge in [-0.2, -0.15) is 13.2 Å². The van der Waals surface area contributed by atoms with Gasteiger partial charge in [0.25, 0.3) is 0 Å². The summed E-state index contributed by atoms with van der Waals surface area (Å²) in [6.45, 7) is 0.832. The normalized spacial score (nSPS) is 16.6. The third kappa shape index (κ3) is 4.10. The predicted octanol–water partition coefficient (Wildman–Crippen LogP) is 4.14. The number of benzene rings is 1. The molecule has 1 unspecified atom stereocenters. The van der Waals surface area contributed by atoms with E-state index in [2.05, 4.69) is 15.0 Å². The fourth-order valence-electron chi connectivity index (χ4n) is 3.37. The molecule has 3 aromatic rings. The second-order valence-electron chi connectivity index (χ2n) is 7.02. The molecule has 1 saturated heterocycles. The van der Waals surface area contributed by atoms with E-state index in [9.17, 15) is 23.1 Å². The predicted molar refractivity (Wildman–Crippen MR) is 104 cm³/mol. The molecule has 1 aliphatic rings. The largest absolute Gasteiger partial charge is 0.481 e. The number of carboxylic acid groups (broad SMARTS) is 1. The quantitative estimate of drug-likeness (QED) is 0.692. The third-order valence-corrected chi connectivity index (χ3v) is 5.00. The van der Waals surface area contributed by atoms with E-state index in [1.165, 1.54) is 12.1 Å². The Labute approximate surface area is 170 Å². The first-order chi connectivity index (χ1) is 14.3. The van der Waals surface area contributed by atoms with Crippen LogP contribution in [0.5, 0.6) is 0 Å². The number of anilines is 1. The SMILES string of the molecule is O=C(O)C1CCN(c2cc(-c3ccc(C(F)(F)F)cc3)nc(-c3cccnc3)n2)C1. The van der Waals surface area contributed by atoms with Crippen molar-refractivity contribution in [3.05, 3.63) is 60.4 Å². The Bertz CT molecular complexity index is 1060. The van der Waals surface area contributed by atoms with Crippen LogP contribution in [0, 0.1) is 5.92 Å². The van der Waals surface area contributed by atoms with Crippen LogP contribution in [0.2, 0.25) is 0 Å². The molecule has 1 N–H and O–H groups in total. The van der Waals surface area contributed by atoms with E-state index in [-0.39, 0.29) is 0 Å². The topological polar surface area (TPSA) is 79.2 Å². The van der Waals surface area contributed by atoms with Gasteiger partial charge in [0.2, 0.25) is 0 Å². The van der Waals surface area contributed by atoms with Crippen LogP contribution < -0.4 is 4.90 Å². The molecule has 154 valence electrons. The number of carbonyl (C=O) groups is 1. The Morgan fingerprint density at radius 2 is 1.87 bits per heavy atom. The molecule has 0 bridgehead atoms. The van der Waals surface area contributed by atoms with E-state index in [0.717, 1.165) is 12.1 Å². The second-order valence-corrected chi connectivity index (χ2v) is 7.02. The molecular weight excluding hydrogens is 397 g/mol. The average Bonchev–Trinajstić information content (AvgIpc) is 3.24. The van der Waals surface area contributed by atoms with E-state index in [4.69, 9.17) is 0 Å². The number of nitrogens with zero attached hydrogens (tertiary/aromatic N) is 4. The van der Waals surface area contributed by atoms with Crippen LogP contribution in [-0.4, -0.2) is 39.1 Å². The fraction of sp³-hybridized carbons (Fsp3) is 0.238. The zero-order valence-corrected chi connectivity index (χ0v) is 15.7. The summed E-state index contributed by atoms with van der Waals surface area (Å²) < 4.78 is 38.7. The molecule has 0 saturated carbocycles. The van der Waals surface area contributed by atoms with Crippen LogP contribution in [0.1, 0.15) is 12.0 Å². The highest BCUT2D eigenvalue weighted by molar-refractivity contribution is 5.73. The summed E-state index contributed by atoms with van der Waals surface area (Å²) >= 11 is 0. The van der Waals surface area contributed by atoms with Gasteiger partial charge in [0.05, 0.1) is 17.2 Å². The van der Waals surface area contributed by atoms with Gasteiger partial charge in [-0.05, 0) is 30.7 Å². The Kier molecular flexibility index (Phi) is 5.11. The first kappa shape index (κ1) is 19.8. The van der Waals surface area contributed by atoms with Crippen molar-refractivity contribution in [2.75, 3.05) is 18.0 Å². The van der Waals surface area contributed by atoms with Crippen LogP contribution in [0.25, 0.3) is 22.6 Å². The van der Waals surface area contributed by atoms with Gasteiger partial charge in [-0.1, -0.05) is 12.1 Å². The minimum Gasteiger partial charge on any atom is -0.481 e. The Hall–Kier alpha value is -3.49. The number of rotatable bonds is 4. The summed E-state index contributed by atoms with van der Waals surface area (Å²) in [4.78, 5) is 26.3. The van der Waals surface area contributed by atoms with E-state index in [0.29, 0.717) is 48.0 Å². The van der Waals surface area contributed by atoms with Gasteiger partial charge in [0.15, 0.2) is 5.82 Å². The van der Waals surface area contributed by atoms with Crippen molar-refractivity contribution in [3.8, 4) is 22.6 Å². The molecule has 4 rings (SSSR count). The van der Waals surface area contributed by atoms with Gasteiger partial charge < -0.3 is 10.0 Å². The van der Waals surface area contributed by atoms with E-state index in [1.54, 1.807) is 30.6 Å². The molecule has 0 radical (unpaired) electrons. The summed E-state index contributed by atoms with van der Waals surface area (Å²) in [6.07, 6.45) is -0.712. The zero-order chi connectivity index (χ0) is 21.3. The van der Waals surface area contributed by atoms with Crippen LogP contribution in [-0.2, 0) is 11.0 Å². The standard InChI is InChI=1S/C21H17F3N4O2/c22-21(23,24)16-5-3-13(4-6-16)17-10-18(28-9-7-15(12-28)20(29)30)27-19(26-17)14-2-1-8-25-11-14/h1-6,8,10-11,15H,7,9,12H2,(H,29,30). The molecule has 3 heterocycles. The molecule has 0 spiro atoms. The highest BCUT2D eigenvalue weighted by Gasteiger charge is 2.31. The van der Waals surface area contributed by atoms with Crippen molar-refractivity contribution in [1.29, 1.82) is 0 Å². The number of carboxylic acids is 1. The molecule has 0 amide bonds. The minimum atomic E-state index is -4.42. The molecule has 1 atom stereocenters. The maximum atomic E-state index is 12.9. The summed E-state index contributed by atoms with van der Waals surface area (Å²) in [5.41, 5.74) is 0.871. The monoisotopic (exact) mass is 414 g/mol. The number of pyridine rings is 1. The first-order valence-electron chi connectivity index (χ1n) is 9.26. The summed E-state index contributed by atoms with van der Waals surface area (Å²) in [5, 5.41) is 9.28. The highest BCUT2D eigenvalue weighted by Crippen LogP contribution is 2.32. The summed E-state index contributed by atoms with van der Waals surface area (Å²) in [5.74, 6) is -0.449. The number of alkyl halides is 3. The number of hydrogen-bond donors (Lipinski definition) is 1. The van der Waals surface area contributed by atoms with Gasteiger partial charge in [-0.25, -0.2) is 9.97 Å². The molecule has 1 aromatic carbocycles. The molecule has 6 nitrogen and oxygen atoms in total. The van der Waals surface area contributed by atoms with Crippen molar-refractivity contribution in [2.24, 2.45) is 5.92 Å². The first-order valence-corrected chi connectivity index (χ1v) is 9.26. The Morgan fingerprint density at radius 3 is 2.47 bits per heavy atom. The lowest BCUT2D eigenvalue weighted by Gasteiger charge is -2.19. The molecule has 9 heteroatoms. The molecule has 2 aromatic heterocycles. The highest BCUT2D eigenvalue weighted by atomic mass is 19.4. The number of hydrogen-bond acceptors (Lipinski definition) is 5. The molecule has 1 aliphatic heterocycles. The number of aliphatic carboxylic acids is 1. The summed E-state index contributed by atoms with van der Waals surface area (Å²) in [6, 6.07) is 9.95. The van der Waals surface area contributed by atoms with Gasteiger partial charge in [0, 0.05) is 42.7 Å². The van der Waals surface area contributed by atoms with Crippen molar-refractivity contribution >= 4 is 11.8 Å². The van der Waals surface area contributed by atoms with E-state index in [1.807, 2.05) is 4.90 Å². The van der Waals surface area contributed by atoms with Crippen molar-refractivity contribution in [3.63, 3.8) is 0 Å². The van der Waals surface area contributed by atoms with Crippen LogP contribution in [0.15, 0.2) is 54.9 Å². The van der Waals surface area contributed by atoms with Gasteiger partial charge >= 0.3 is 12.1 Å². The zero-order valence-electron chi connectivity index (χ0n) is 15.7. The van der Waals surface area contributed by atoms with Gasteiger partial charge in [-0.15, -0.1) is 0 Å². The van der Waals surface area contributed by atoms with Crippen molar-refractivity contribution in [1.82, 2.24) is 15.0 Å². The Balaban J connectivity index is 1.75. The van der Waals surface area contributed by atoms with Crippen LogP contribution in [0.3, 0.4) is 0 Å². The maximum absolute atomic E-state index is 12.9. The molecule has 1 fully saturated rings. The lowest BCUT2D eigenvalue weighted by molar-refractivity contribution is -0.141. The van der Waals surface area contributed by atoms with Crippen LogP contribution >= 0.6 is 0 Å². The van der Waals surface area contributed by atoms with Crippen molar-refractivity contribution in [2.45, 2.75) is 12.6 Å². The van der Waals surface area contributed by atoms with Gasteiger partial charge in [-0.3, -0.25) is 9.78 Å². The van der Waals surface area contributed by atoms with E-state index < -0.39 is 23.6 Å². The summed E-state index contributed by atoms with van der Waals surface area (Å²) in [7, 11) is 0. The lowest BCUT2D eigenvalue weighted by Crippen LogP contribution is -2.23. The van der Waals surface area contributed by atoms with Crippen molar-refractivity contribution < 1.29 is 23.1 Å². The number of aromatic nitrogens is 3. The molecule has 0 aliphatic carbocycles. The van der Waals surface area contributed by atoms with Gasteiger partial charge in [0.1, 0.15) is 5.82 Å². The van der Waals surface area contributed by atoms with Crippen LogP contribution in [0.4, 0.5) is 19.0 Å². The Morgan fingerprint density at radius 1 is 1.10 bits per heavy atom. The van der Waals surface area contributed by atoms with E-state index >= 15 is 0 Å². The fourth-order valence-corrected chi connectivity index (χ4v) is 3.37. The maximum Gasteiger partial charge on any atom is 0.416 e. The molecular formula is C21H17F3N4O2. The lowest BCUT2D eigenvalue weighted by atomic mass is 10.1. The smallest absolute Gasteiger partial charge is 0.416 e.